The molecule has 16 heavy (non-hydrogen) atoms. The lowest BCUT2D eigenvalue weighted by Crippen LogP contribution is -2.19. The Morgan fingerprint density at radius 2 is 2.44 bits per heavy atom. The molecule has 2 aromatic rings. The molecule has 0 saturated carbocycles. The number of aliphatic hydroxyl groups is 1. The van der Waals surface area contributed by atoms with Crippen LogP contribution in [0.5, 0.6) is 0 Å². The van der Waals surface area contributed by atoms with Crippen LogP contribution in [-0.4, -0.2) is 19.9 Å². The molecule has 1 aliphatic heterocycles. The van der Waals surface area contributed by atoms with Crippen molar-refractivity contribution < 1.29 is 5.11 Å². The Labute approximate surface area is 97.6 Å². The van der Waals surface area contributed by atoms with Crippen LogP contribution < -0.4 is 0 Å². The van der Waals surface area contributed by atoms with Gasteiger partial charge in [-0.1, -0.05) is 6.07 Å². The lowest BCUT2D eigenvalue weighted by atomic mass is 10.1. The standard InChI is InChI=1S/C11H13N3OS/c15-11-5-1-4-9-12-13-10(14(9)11)7-8-3-2-6-16-8/h2-3,6,11,15H,1,4-5,7H2. The molecule has 3 rings (SSSR count). The fraction of sp³-hybridized carbons (Fsp3) is 0.455. The van der Waals surface area contributed by atoms with Crippen molar-refractivity contribution in [1.29, 1.82) is 0 Å². The predicted molar refractivity (Wildman–Crippen MR) is 61.3 cm³/mol. The van der Waals surface area contributed by atoms with Gasteiger partial charge in [0.2, 0.25) is 0 Å². The van der Waals surface area contributed by atoms with Crippen LogP contribution in [0, 0.1) is 0 Å². The van der Waals surface area contributed by atoms with E-state index < -0.39 is 6.23 Å². The predicted octanol–water partition coefficient (Wildman–Crippen LogP) is 1.76. The second kappa shape index (κ2) is 3.99. The number of aromatic nitrogens is 3. The van der Waals surface area contributed by atoms with Gasteiger partial charge in [0.15, 0.2) is 0 Å². The summed E-state index contributed by atoms with van der Waals surface area (Å²) in [6, 6.07) is 4.12. The first-order valence-corrected chi connectivity index (χ1v) is 6.35. The van der Waals surface area contributed by atoms with Gasteiger partial charge in [0.1, 0.15) is 17.9 Å². The van der Waals surface area contributed by atoms with Crippen molar-refractivity contribution in [1.82, 2.24) is 14.8 Å². The summed E-state index contributed by atoms with van der Waals surface area (Å²) in [6.07, 6.45) is 3.06. The summed E-state index contributed by atoms with van der Waals surface area (Å²) in [5, 5.41) is 20.3. The number of fused-ring (bicyclic) bond motifs is 1. The second-order valence-corrected chi connectivity index (χ2v) is 5.06. The molecule has 1 atom stereocenters. The highest BCUT2D eigenvalue weighted by Crippen LogP contribution is 2.24. The molecule has 0 bridgehead atoms. The SMILES string of the molecule is OC1CCCc2nnc(Cc3cccs3)n21. The molecule has 4 nitrogen and oxygen atoms in total. The van der Waals surface area contributed by atoms with Crippen LogP contribution in [0.1, 0.15) is 35.6 Å². The Hall–Kier alpha value is -1.20. The number of aryl methyl sites for hydroxylation is 1. The van der Waals surface area contributed by atoms with Crippen molar-refractivity contribution in [3.05, 3.63) is 34.0 Å². The fourth-order valence-electron chi connectivity index (χ4n) is 2.14. The van der Waals surface area contributed by atoms with Gasteiger partial charge in [-0.2, -0.15) is 0 Å². The molecular weight excluding hydrogens is 222 g/mol. The molecule has 0 aliphatic carbocycles. The number of rotatable bonds is 2. The highest BCUT2D eigenvalue weighted by Gasteiger charge is 2.22. The van der Waals surface area contributed by atoms with Crippen molar-refractivity contribution in [2.24, 2.45) is 0 Å². The van der Waals surface area contributed by atoms with Crippen molar-refractivity contribution in [3.63, 3.8) is 0 Å². The van der Waals surface area contributed by atoms with Crippen molar-refractivity contribution in [2.75, 3.05) is 0 Å². The van der Waals surface area contributed by atoms with Gasteiger partial charge in [0.25, 0.3) is 0 Å². The summed E-state index contributed by atoms with van der Waals surface area (Å²) < 4.78 is 1.89. The van der Waals surface area contributed by atoms with E-state index in [2.05, 4.69) is 21.6 Å². The average molecular weight is 235 g/mol. The Kier molecular flexibility index (Phi) is 2.49. The van der Waals surface area contributed by atoms with Gasteiger partial charge < -0.3 is 5.11 Å². The van der Waals surface area contributed by atoms with E-state index in [0.717, 1.165) is 37.3 Å². The van der Waals surface area contributed by atoms with E-state index in [4.69, 9.17) is 0 Å². The molecule has 1 aliphatic rings. The van der Waals surface area contributed by atoms with Crippen molar-refractivity contribution in [3.8, 4) is 0 Å². The maximum Gasteiger partial charge on any atom is 0.140 e. The van der Waals surface area contributed by atoms with Crippen LogP contribution in [-0.2, 0) is 12.8 Å². The second-order valence-electron chi connectivity index (χ2n) is 4.03. The lowest BCUT2D eigenvalue weighted by Gasteiger charge is -2.21. The topological polar surface area (TPSA) is 50.9 Å². The third kappa shape index (κ3) is 1.66. The molecule has 84 valence electrons. The summed E-state index contributed by atoms with van der Waals surface area (Å²) >= 11 is 1.71. The lowest BCUT2D eigenvalue weighted by molar-refractivity contribution is 0.0753. The highest BCUT2D eigenvalue weighted by atomic mass is 32.1. The maximum absolute atomic E-state index is 9.95. The normalized spacial score (nSPS) is 19.7. The molecule has 0 aromatic carbocycles. The quantitative estimate of drug-likeness (QED) is 0.863. The van der Waals surface area contributed by atoms with E-state index in [1.807, 2.05) is 10.6 Å². The van der Waals surface area contributed by atoms with Crippen molar-refractivity contribution in [2.45, 2.75) is 31.9 Å². The van der Waals surface area contributed by atoms with Gasteiger partial charge >= 0.3 is 0 Å². The van der Waals surface area contributed by atoms with Crippen LogP contribution in [0.2, 0.25) is 0 Å². The molecule has 2 aromatic heterocycles. The maximum atomic E-state index is 9.95. The first-order valence-electron chi connectivity index (χ1n) is 5.47. The van der Waals surface area contributed by atoms with E-state index in [1.165, 1.54) is 4.88 Å². The molecule has 0 fully saturated rings. The Morgan fingerprint density at radius 3 is 3.25 bits per heavy atom. The number of hydrogen-bond donors (Lipinski definition) is 1. The summed E-state index contributed by atoms with van der Waals surface area (Å²) in [4.78, 5) is 1.26. The minimum Gasteiger partial charge on any atom is -0.373 e. The monoisotopic (exact) mass is 235 g/mol. The highest BCUT2D eigenvalue weighted by molar-refractivity contribution is 7.09. The van der Waals surface area contributed by atoms with E-state index in [0.29, 0.717) is 0 Å². The molecule has 3 heterocycles. The summed E-state index contributed by atoms with van der Waals surface area (Å²) in [7, 11) is 0. The van der Waals surface area contributed by atoms with Crippen LogP contribution in [0.15, 0.2) is 17.5 Å². The molecular formula is C11H13N3OS. The van der Waals surface area contributed by atoms with E-state index in [-0.39, 0.29) is 0 Å². The third-order valence-corrected chi connectivity index (χ3v) is 3.79. The zero-order valence-corrected chi connectivity index (χ0v) is 9.65. The first kappa shape index (κ1) is 9.99. The van der Waals surface area contributed by atoms with Gasteiger partial charge in [-0.05, 0) is 24.3 Å². The molecule has 1 unspecified atom stereocenters. The summed E-state index contributed by atoms with van der Waals surface area (Å²) in [5.41, 5.74) is 0. The zero-order valence-electron chi connectivity index (χ0n) is 8.83. The zero-order chi connectivity index (χ0) is 11.0. The smallest absolute Gasteiger partial charge is 0.140 e. The molecule has 1 N–H and O–H groups in total. The average Bonchev–Trinajstić information content (AvgIpc) is 2.90. The molecule has 0 saturated heterocycles. The Bertz CT molecular complexity index is 477. The number of nitrogens with zero attached hydrogens (tertiary/aromatic N) is 3. The Morgan fingerprint density at radius 1 is 1.50 bits per heavy atom. The van der Waals surface area contributed by atoms with Gasteiger partial charge in [0.05, 0.1) is 0 Å². The first-order chi connectivity index (χ1) is 7.84. The summed E-state index contributed by atoms with van der Waals surface area (Å²) in [6.45, 7) is 0. The van der Waals surface area contributed by atoms with Gasteiger partial charge in [-0.3, -0.25) is 4.57 Å². The number of hydrogen-bond acceptors (Lipinski definition) is 4. The Balaban J connectivity index is 1.93. The fourth-order valence-corrected chi connectivity index (χ4v) is 2.84. The molecule has 0 spiro atoms. The number of aliphatic hydroxyl groups excluding tert-OH is 1. The van der Waals surface area contributed by atoms with Crippen molar-refractivity contribution >= 4 is 11.3 Å². The largest absolute Gasteiger partial charge is 0.373 e. The molecule has 0 radical (unpaired) electrons. The van der Waals surface area contributed by atoms with Crippen LogP contribution >= 0.6 is 11.3 Å². The van der Waals surface area contributed by atoms with Crippen LogP contribution in [0.3, 0.4) is 0 Å². The van der Waals surface area contributed by atoms with E-state index in [1.54, 1.807) is 11.3 Å². The van der Waals surface area contributed by atoms with Gasteiger partial charge in [0, 0.05) is 17.7 Å². The number of thiophene rings is 1. The van der Waals surface area contributed by atoms with Gasteiger partial charge in [-0.25, -0.2) is 0 Å². The summed E-state index contributed by atoms with van der Waals surface area (Å²) in [5.74, 6) is 1.80. The third-order valence-electron chi connectivity index (χ3n) is 2.91. The van der Waals surface area contributed by atoms with Gasteiger partial charge in [-0.15, -0.1) is 21.5 Å². The van der Waals surface area contributed by atoms with Crippen LogP contribution in [0.4, 0.5) is 0 Å². The van der Waals surface area contributed by atoms with Crippen LogP contribution in [0.25, 0.3) is 0 Å². The van der Waals surface area contributed by atoms with E-state index >= 15 is 0 Å². The minimum absolute atomic E-state index is 0.436. The molecule has 0 amide bonds. The minimum atomic E-state index is -0.436. The molecule has 5 heteroatoms. The van der Waals surface area contributed by atoms with E-state index in [9.17, 15) is 5.11 Å².